The minimum Gasteiger partial charge on any atom is -0.492 e. The van der Waals surface area contributed by atoms with E-state index in [0.717, 1.165) is 22.9 Å². The summed E-state index contributed by atoms with van der Waals surface area (Å²) in [5.74, 6) is 2.37. The summed E-state index contributed by atoms with van der Waals surface area (Å²) in [6.07, 6.45) is 1.29. The number of rotatable bonds is 3. The fourth-order valence-electron chi connectivity index (χ4n) is 4.08. The largest absolute Gasteiger partial charge is 0.492 e. The van der Waals surface area contributed by atoms with Gasteiger partial charge in [-0.25, -0.2) is 4.98 Å². The summed E-state index contributed by atoms with van der Waals surface area (Å²) >= 11 is 3.34. The van der Waals surface area contributed by atoms with Crippen LogP contribution in [0.2, 0.25) is 0 Å². The van der Waals surface area contributed by atoms with Crippen molar-refractivity contribution in [3.63, 3.8) is 0 Å². The van der Waals surface area contributed by atoms with Gasteiger partial charge in [0, 0.05) is 11.8 Å². The van der Waals surface area contributed by atoms with Crippen molar-refractivity contribution in [3.8, 4) is 5.88 Å². The van der Waals surface area contributed by atoms with Gasteiger partial charge in [-0.05, 0) is 24.8 Å². The number of nitrogens with one attached hydrogen (secondary N) is 1. The third-order valence-electron chi connectivity index (χ3n) is 4.83. The summed E-state index contributed by atoms with van der Waals surface area (Å²) in [6.45, 7) is 8.81. The maximum absolute atomic E-state index is 10.8. The van der Waals surface area contributed by atoms with Crippen LogP contribution in [0.25, 0.3) is 4.96 Å². The summed E-state index contributed by atoms with van der Waals surface area (Å²) in [7, 11) is 0. The molecule has 0 aliphatic carbocycles. The second-order valence-electron chi connectivity index (χ2n) is 7.10. The van der Waals surface area contributed by atoms with Gasteiger partial charge in [0.05, 0.1) is 18.0 Å². The first-order valence-electron chi connectivity index (χ1n) is 8.46. The number of fused-ring (bicyclic) bond motifs is 1. The van der Waals surface area contributed by atoms with Gasteiger partial charge < -0.3 is 10.0 Å². The topological polar surface area (TPSA) is 54.9 Å². The molecule has 1 aliphatic heterocycles. The van der Waals surface area contributed by atoms with Crippen molar-refractivity contribution < 1.29 is 10.0 Å². The summed E-state index contributed by atoms with van der Waals surface area (Å²) in [6, 6.07) is 4.46. The lowest BCUT2D eigenvalue weighted by molar-refractivity contribution is -0.936. The lowest BCUT2D eigenvalue weighted by atomic mass is 9.90. The third kappa shape index (κ3) is 2.74. The molecule has 1 saturated heterocycles. The normalized spacial score (nSPS) is 26.0. The van der Waals surface area contributed by atoms with E-state index in [1.54, 1.807) is 32.1 Å². The molecular formula is C17H23N4OS2+. The summed E-state index contributed by atoms with van der Waals surface area (Å²) in [4.78, 5) is 9.05. The molecule has 2 N–H and O–H groups in total. The van der Waals surface area contributed by atoms with Crippen LogP contribution in [0.1, 0.15) is 41.9 Å². The standard InChI is InChI=1S/C17H22N4OS2/c1-10-7-11(2)9-20(8-10)14(13-5-4-6-23-13)15-16(22)21-17(24-15)18-12(3)19-21/h4-6,10-11,14,22H,7-9H2,1-3H3/p+1/t10-,11-,14-/m0/s1. The van der Waals surface area contributed by atoms with E-state index in [9.17, 15) is 5.11 Å². The highest BCUT2D eigenvalue weighted by Gasteiger charge is 2.37. The molecule has 7 heteroatoms. The molecule has 24 heavy (non-hydrogen) atoms. The van der Waals surface area contributed by atoms with Crippen LogP contribution in [0, 0.1) is 18.8 Å². The number of aromatic hydroxyl groups is 1. The summed E-state index contributed by atoms with van der Waals surface area (Å²) in [5.41, 5.74) is 0. The van der Waals surface area contributed by atoms with E-state index < -0.39 is 0 Å². The van der Waals surface area contributed by atoms with Crippen molar-refractivity contribution in [2.45, 2.75) is 33.2 Å². The Morgan fingerprint density at radius 2 is 2.08 bits per heavy atom. The van der Waals surface area contributed by atoms with Crippen molar-refractivity contribution in [2.24, 2.45) is 11.8 Å². The van der Waals surface area contributed by atoms with Crippen LogP contribution in [0.15, 0.2) is 17.5 Å². The van der Waals surface area contributed by atoms with Gasteiger partial charge in [0.1, 0.15) is 10.7 Å². The first-order valence-corrected chi connectivity index (χ1v) is 10.2. The molecule has 0 amide bonds. The molecule has 3 atom stereocenters. The number of thiophene rings is 1. The molecule has 5 nitrogen and oxygen atoms in total. The highest BCUT2D eigenvalue weighted by molar-refractivity contribution is 7.17. The van der Waals surface area contributed by atoms with Crippen LogP contribution in [0.3, 0.4) is 0 Å². The van der Waals surface area contributed by atoms with Gasteiger partial charge in [0.15, 0.2) is 6.04 Å². The lowest BCUT2D eigenvalue weighted by Gasteiger charge is -2.36. The van der Waals surface area contributed by atoms with E-state index >= 15 is 0 Å². The van der Waals surface area contributed by atoms with Gasteiger partial charge in [0.2, 0.25) is 10.8 Å². The zero-order valence-electron chi connectivity index (χ0n) is 14.2. The predicted molar refractivity (Wildman–Crippen MR) is 97.1 cm³/mol. The molecule has 0 saturated carbocycles. The molecule has 0 aromatic carbocycles. The Bertz CT molecular complexity index is 828. The zero-order chi connectivity index (χ0) is 16.8. The second-order valence-corrected chi connectivity index (χ2v) is 9.09. The monoisotopic (exact) mass is 363 g/mol. The lowest BCUT2D eigenvalue weighted by Crippen LogP contribution is -3.14. The first kappa shape index (κ1) is 16.1. The molecule has 0 unspecified atom stereocenters. The molecule has 4 rings (SSSR count). The Hall–Kier alpha value is -1.44. The van der Waals surface area contributed by atoms with Crippen molar-refractivity contribution in [2.75, 3.05) is 13.1 Å². The number of nitrogens with zero attached hydrogens (tertiary/aromatic N) is 3. The average molecular weight is 364 g/mol. The summed E-state index contributed by atoms with van der Waals surface area (Å²) in [5, 5.41) is 17.3. The molecule has 128 valence electrons. The molecule has 1 fully saturated rings. The van der Waals surface area contributed by atoms with Gasteiger partial charge in [-0.3, -0.25) is 0 Å². The Balaban J connectivity index is 1.80. The maximum atomic E-state index is 10.8. The van der Waals surface area contributed by atoms with Gasteiger partial charge >= 0.3 is 0 Å². The van der Waals surface area contributed by atoms with Crippen LogP contribution >= 0.6 is 22.7 Å². The predicted octanol–water partition coefficient (Wildman–Crippen LogP) is 2.52. The zero-order valence-corrected chi connectivity index (χ0v) is 15.8. The molecule has 4 heterocycles. The minimum atomic E-state index is 0.170. The van der Waals surface area contributed by atoms with Crippen LogP contribution in [0.5, 0.6) is 5.88 Å². The number of aromatic nitrogens is 3. The quantitative estimate of drug-likeness (QED) is 0.752. The van der Waals surface area contributed by atoms with E-state index in [1.807, 2.05) is 6.92 Å². The highest BCUT2D eigenvalue weighted by Crippen LogP contribution is 2.36. The van der Waals surface area contributed by atoms with Crippen molar-refractivity contribution in [3.05, 3.63) is 33.1 Å². The van der Waals surface area contributed by atoms with Crippen molar-refractivity contribution in [1.82, 2.24) is 14.6 Å². The third-order valence-corrected chi connectivity index (χ3v) is 6.85. The molecular weight excluding hydrogens is 340 g/mol. The molecule has 3 aromatic heterocycles. The Morgan fingerprint density at radius 1 is 1.33 bits per heavy atom. The van der Waals surface area contributed by atoms with Crippen molar-refractivity contribution >= 4 is 27.6 Å². The Kier molecular flexibility index (Phi) is 4.10. The van der Waals surface area contributed by atoms with Crippen LogP contribution in [0.4, 0.5) is 0 Å². The number of aryl methyl sites for hydroxylation is 1. The van der Waals surface area contributed by atoms with Gasteiger partial charge in [-0.15, -0.1) is 16.4 Å². The molecule has 0 bridgehead atoms. The molecule has 0 spiro atoms. The number of piperidine rings is 1. The fraction of sp³-hybridized carbons (Fsp3) is 0.529. The Morgan fingerprint density at radius 3 is 2.71 bits per heavy atom. The summed E-state index contributed by atoms with van der Waals surface area (Å²) < 4.78 is 1.59. The SMILES string of the molecule is Cc1nc2sc([C@H](c3cccs3)[NH+]3C[C@@H](C)C[C@H](C)C3)c(O)n2n1. The van der Waals surface area contributed by atoms with E-state index in [2.05, 4.69) is 41.4 Å². The highest BCUT2D eigenvalue weighted by atomic mass is 32.1. The second kappa shape index (κ2) is 6.13. The van der Waals surface area contributed by atoms with Crippen LogP contribution in [-0.4, -0.2) is 32.8 Å². The van der Waals surface area contributed by atoms with E-state index in [0.29, 0.717) is 17.7 Å². The smallest absolute Gasteiger partial charge is 0.235 e. The van der Waals surface area contributed by atoms with Crippen LogP contribution < -0.4 is 4.90 Å². The molecule has 0 radical (unpaired) electrons. The minimum absolute atomic E-state index is 0.170. The Labute approximate surface area is 149 Å². The molecule has 1 aliphatic rings. The van der Waals surface area contributed by atoms with Gasteiger partial charge in [0.25, 0.3) is 0 Å². The maximum Gasteiger partial charge on any atom is 0.235 e. The van der Waals surface area contributed by atoms with E-state index in [4.69, 9.17) is 0 Å². The van der Waals surface area contributed by atoms with E-state index in [1.165, 1.54) is 11.3 Å². The van der Waals surface area contributed by atoms with Gasteiger partial charge in [-0.2, -0.15) is 4.52 Å². The fourth-order valence-corrected chi connectivity index (χ4v) is 6.22. The van der Waals surface area contributed by atoms with Gasteiger partial charge in [-0.1, -0.05) is 31.3 Å². The average Bonchev–Trinajstić information content (AvgIpc) is 3.20. The number of hydrogen-bond donors (Lipinski definition) is 2. The number of hydrogen-bond acceptors (Lipinski definition) is 5. The number of quaternary nitrogens is 1. The van der Waals surface area contributed by atoms with Crippen LogP contribution in [-0.2, 0) is 0 Å². The van der Waals surface area contributed by atoms with Crippen molar-refractivity contribution in [1.29, 1.82) is 0 Å². The number of thiazole rings is 1. The first-order chi connectivity index (χ1) is 11.5. The number of likely N-dealkylation sites (tertiary alicyclic amines) is 1. The molecule has 3 aromatic rings. The van der Waals surface area contributed by atoms with E-state index in [-0.39, 0.29) is 11.9 Å².